The Kier molecular flexibility index (Phi) is 3.24. The van der Waals surface area contributed by atoms with E-state index < -0.39 is 0 Å². The zero-order chi connectivity index (χ0) is 14.1. The Morgan fingerprint density at radius 1 is 0.857 bits per heavy atom. The Hall–Kier alpha value is -2.06. The van der Waals surface area contributed by atoms with E-state index in [9.17, 15) is 0 Å². The number of hydrogen-bond donors (Lipinski definition) is 0. The minimum absolute atomic E-state index is 0.345. The lowest BCUT2D eigenvalue weighted by molar-refractivity contribution is 0.661. The predicted molar refractivity (Wildman–Crippen MR) is 90.1 cm³/mol. The average Bonchev–Trinajstić information content (AvgIpc) is 3.08. The number of rotatable bonds is 2. The molecule has 0 aliphatic carbocycles. The van der Waals surface area contributed by atoms with Crippen molar-refractivity contribution in [3.63, 3.8) is 0 Å². The SMILES string of the molecule is c1ccc(N2CCc3ccccc3C2c2cccs2)cc1. The van der Waals surface area contributed by atoms with Crippen LogP contribution in [0.2, 0.25) is 0 Å². The summed E-state index contributed by atoms with van der Waals surface area (Å²) in [6.45, 7) is 1.07. The summed E-state index contributed by atoms with van der Waals surface area (Å²) in [7, 11) is 0. The van der Waals surface area contributed by atoms with E-state index in [0.717, 1.165) is 13.0 Å². The lowest BCUT2D eigenvalue weighted by atomic mass is 9.91. The van der Waals surface area contributed by atoms with Crippen molar-refractivity contribution in [3.8, 4) is 0 Å². The Bertz CT molecular complexity index is 718. The molecule has 0 saturated heterocycles. The summed E-state index contributed by atoms with van der Waals surface area (Å²) in [6.07, 6.45) is 1.12. The smallest absolute Gasteiger partial charge is 0.0890 e. The second kappa shape index (κ2) is 5.38. The van der Waals surface area contributed by atoms with Gasteiger partial charge in [0.05, 0.1) is 6.04 Å². The van der Waals surface area contributed by atoms with Gasteiger partial charge in [0.15, 0.2) is 0 Å². The maximum atomic E-state index is 2.54. The largest absolute Gasteiger partial charge is 0.359 e. The fourth-order valence-electron chi connectivity index (χ4n) is 3.22. The zero-order valence-electron chi connectivity index (χ0n) is 11.8. The first kappa shape index (κ1) is 12.7. The minimum atomic E-state index is 0.345. The topological polar surface area (TPSA) is 3.24 Å². The van der Waals surface area contributed by atoms with Crippen LogP contribution in [0.15, 0.2) is 72.1 Å². The molecule has 2 aromatic carbocycles. The highest BCUT2D eigenvalue weighted by Gasteiger charge is 2.29. The van der Waals surface area contributed by atoms with Crippen molar-refractivity contribution < 1.29 is 0 Å². The highest BCUT2D eigenvalue weighted by molar-refractivity contribution is 7.10. The molecule has 0 bridgehead atoms. The lowest BCUT2D eigenvalue weighted by Crippen LogP contribution is -2.35. The third kappa shape index (κ3) is 2.26. The van der Waals surface area contributed by atoms with Crippen LogP contribution >= 0.6 is 11.3 Å². The van der Waals surface area contributed by atoms with Crippen molar-refractivity contribution in [2.45, 2.75) is 12.5 Å². The molecule has 1 aliphatic heterocycles. The average molecular weight is 291 g/mol. The Morgan fingerprint density at radius 3 is 2.48 bits per heavy atom. The van der Waals surface area contributed by atoms with Crippen molar-refractivity contribution in [2.24, 2.45) is 0 Å². The summed E-state index contributed by atoms with van der Waals surface area (Å²) in [6, 6.07) is 24.4. The molecule has 1 aliphatic rings. The van der Waals surface area contributed by atoms with Crippen LogP contribution in [0.1, 0.15) is 22.0 Å². The van der Waals surface area contributed by atoms with E-state index in [2.05, 4.69) is 77.0 Å². The molecule has 2 heterocycles. The van der Waals surface area contributed by atoms with Crippen LogP contribution < -0.4 is 4.90 Å². The molecule has 4 rings (SSSR count). The summed E-state index contributed by atoms with van der Waals surface area (Å²) in [5, 5.41) is 2.18. The van der Waals surface area contributed by atoms with Gasteiger partial charge in [-0.3, -0.25) is 0 Å². The second-order valence-electron chi connectivity index (χ2n) is 5.40. The van der Waals surface area contributed by atoms with Gasteiger partial charge in [-0.05, 0) is 41.1 Å². The van der Waals surface area contributed by atoms with Crippen molar-refractivity contribution in [1.82, 2.24) is 0 Å². The van der Waals surface area contributed by atoms with E-state index in [1.54, 1.807) is 0 Å². The Labute approximate surface area is 129 Å². The van der Waals surface area contributed by atoms with E-state index in [0.29, 0.717) is 6.04 Å². The maximum Gasteiger partial charge on any atom is 0.0890 e. The van der Waals surface area contributed by atoms with Crippen molar-refractivity contribution in [2.75, 3.05) is 11.4 Å². The summed E-state index contributed by atoms with van der Waals surface area (Å²) in [5.41, 5.74) is 4.25. The van der Waals surface area contributed by atoms with Crippen LogP contribution in [0.3, 0.4) is 0 Å². The van der Waals surface area contributed by atoms with Crippen molar-refractivity contribution >= 4 is 17.0 Å². The zero-order valence-corrected chi connectivity index (χ0v) is 12.6. The van der Waals surface area contributed by atoms with Crippen LogP contribution in [0, 0.1) is 0 Å². The van der Waals surface area contributed by atoms with Crippen molar-refractivity contribution in [1.29, 1.82) is 0 Å². The minimum Gasteiger partial charge on any atom is -0.359 e. The number of fused-ring (bicyclic) bond motifs is 1. The van der Waals surface area contributed by atoms with Crippen LogP contribution in [0.4, 0.5) is 5.69 Å². The third-order valence-electron chi connectivity index (χ3n) is 4.18. The van der Waals surface area contributed by atoms with E-state index in [1.807, 2.05) is 11.3 Å². The molecule has 1 aromatic heterocycles. The van der Waals surface area contributed by atoms with Crippen LogP contribution in [0.25, 0.3) is 0 Å². The van der Waals surface area contributed by atoms with Gasteiger partial charge in [-0.2, -0.15) is 0 Å². The third-order valence-corrected chi connectivity index (χ3v) is 5.11. The fourth-order valence-corrected chi connectivity index (χ4v) is 4.07. The van der Waals surface area contributed by atoms with Gasteiger partial charge in [0.1, 0.15) is 0 Å². The van der Waals surface area contributed by atoms with Crippen LogP contribution in [-0.4, -0.2) is 6.54 Å². The second-order valence-corrected chi connectivity index (χ2v) is 6.37. The van der Waals surface area contributed by atoms with Gasteiger partial charge in [-0.15, -0.1) is 11.3 Å². The molecule has 0 spiro atoms. The summed E-state index contributed by atoms with van der Waals surface area (Å²) in [4.78, 5) is 3.96. The number of thiophene rings is 1. The molecule has 3 aromatic rings. The quantitative estimate of drug-likeness (QED) is 0.649. The maximum absolute atomic E-state index is 2.54. The highest BCUT2D eigenvalue weighted by Crippen LogP contribution is 2.39. The molecule has 0 amide bonds. The molecular formula is C19H17NS. The first-order valence-electron chi connectivity index (χ1n) is 7.36. The van der Waals surface area contributed by atoms with E-state index in [4.69, 9.17) is 0 Å². The number of nitrogens with zero attached hydrogens (tertiary/aromatic N) is 1. The molecule has 1 nitrogen and oxygen atoms in total. The molecular weight excluding hydrogens is 274 g/mol. The predicted octanol–water partition coefficient (Wildman–Crippen LogP) is 4.90. The summed E-state index contributed by atoms with van der Waals surface area (Å²) >= 11 is 1.85. The standard InChI is InChI=1S/C19H17NS/c1-2-8-16(9-3-1)20-13-12-15-7-4-5-10-17(15)19(20)18-11-6-14-21-18/h1-11,14,19H,12-13H2. The number of anilines is 1. The Balaban J connectivity index is 1.85. The normalized spacial score (nSPS) is 17.5. The van der Waals surface area contributed by atoms with Gasteiger partial charge in [0.2, 0.25) is 0 Å². The van der Waals surface area contributed by atoms with Gasteiger partial charge >= 0.3 is 0 Å². The van der Waals surface area contributed by atoms with Crippen LogP contribution in [0.5, 0.6) is 0 Å². The highest BCUT2D eigenvalue weighted by atomic mass is 32.1. The first-order chi connectivity index (χ1) is 10.4. The number of hydrogen-bond acceptors (Lipinski definition) is 2. The molecule has 1 unspecified atom stereocenters. The summed E-state index contributed by atoms with van der Waals surface area (Å²) < 4.78 is 0. The van der Waals surface area contributed by atoms with Gasteiger partial charge in [-0.1, -0.05) is 48.5 Å². The monoisotopic (exact) mass is 291 g/mol. The molecule has 0 fully saturated rings. The van der Waals surface area contributed by atoms with E-state index >= 15 is 0 Å². The van der Waals surface area contributed by atoms with Gasteiger partial charge in [0, 0.05) is 17.1 Å². The first-order valence-corrected chi connectivity index (χ1v) is 8.24. The summed E-state index contributed by atoms with van der Waals surface area (Å²) in [5.74, 6) is 0. The fraction of sp³-hybridized carbons (Fsp3) is 0.158. The molecule has 21 heavy (non-hydrogen) atoms. The molecule has 1 atom stereocenters. The number of para-hydroxylation sites is 1. The Morgan fingerprint density at radius 2 is 1.67 bits per heavy atom. The van der Waals surface area contributed by atoms with Gasteiger partial charge in [0.25, 0.3) is 0 Å². The number of benzene rings is 2. The van der Waals surface area contributed by atoms with Gasteiger partial charge < -0.3 is 4.90 Å². The van der Waals surface area contributed by atoms with Crippen molar-refractivity contribution in [3.05, 3.63) is 88.1 Å². The molecule has 0 N–H and O–H groups in total. The molecule has 2 heteroatoms. The van der Waals surface area contributed by atoms with Gasteiger partial charge in [-0.25, -0.2) is 0 Å². The molecule has 0 radical (unpaired) electrons. The van der Waals surface area contributed by atoms with Crippen LogP contribution in [-0.2, 0) is 6.42 Å². The molecule has 104 valence electrons. The molecule has 0 saturated carbocycles. The van der Waals surface area contributed by atoms with E-state index in [-0.39, 0.29) is 0 Å². The van der Waals surface area contributed by atoms with E-state index in [1.165, 1.54) is 21.7 Å². The lowest BCUT2D eigenvalue weighted by Gasteiger charge is -2.38.